The van der Waals surface area contributed by atoms with Crippen molar-refractivity contribution in [2.45, 2.75) is 18.9 Å². The number of hydrogen-bond acceptors (Lipinski definition) is 8. The van der Waals surface area contributed by atoms with Crippen LogP contribution in [0.5, 0.6) is 5.75 Å². The smallest absolute Gasteiger partial charge is 0.272 e. The third-order valence-electron chi connectivity index (χ3n) is 6.27. The topological polar surface area (TPSA) is 99.9 Å². The fourth-order valence-corrected chi connectivity index (χ4v) is 4.44. The van der Waals surface area contributed by atoms with Crippen molar-refractivity contribution in [3.8, 4) is 5.75 Å². The van der Waals surface area contributed by atoms with Gasteiger partial charge >= 0.3 is 0 Å². The molecule has 0 saturated carbocycles. The summed E-state index contributed by atoms with van der Waals surface area (Å²) in [5.74, 6) is 1.27. The molecule has 0 atom stereocenters. The standard InChI is InChI=1S/C23H32ClN7O2/c1-33-21-3-2-17(24)16-20(21)30-14-12-29(13-15-30)11-8-27-23-26-7-4-19(28-23)22(32)31-9-5-18(25)6-10-31/h2-4,7,16,18H,5-6,8-15,25H2,1H3,(H,26,27,28). The van der Waals surface area contributed by atoms with E-state index in [1.54, 1.807) is 19.4 Å². The third-order valence-corrected chi connectivity index (χ3v) is 6.50. The Kier molecular flexibility index (Phi) is 7.85. The molecule has 33 heavy (non-hydrogen) atoms. The van der Waals surface area contributed by atoms with E-state index < -0.39 is 0 Å². The molecule has 2 fully saturated rings. The zero-order valence-electron chi connectivity index (χ0n) is 19.0. The molecule has 9 nitrogen and oxygen atoms in total. The van der Waals surface area contributed by atoms with Gasteiger partial charge in [0.05, 0.1) is 12.8 Å². The largest absolute Gasteiger partial charge is 0.495 e. The second-order valence-corrected chi connectivity index (χ2v) is 8.90. The molecule has 178 valence electrons. The van der Waals surface area contributed by atoms with Crippen molar-refractivity contribution in [1.82, 2.24) is 19.8 Å². The van der Waals surface area contributed by atoms with Crippen LogP contribution in [0.2, 0.25) is 5.02 Å². The Hall–Kier alpha value is -2.62. The van der Waals surface area contributed by atoms with Crippen LogP contribution in [0.1, 0.15) is 23.3 Å². The molecule has 0 aliphatic carbocycles. The van der Waals surface area contributed by atoms with E-state index in [-0.39, 0.29) is 11.9 Å². The predicted molar refractivity (Wildman–Crippen MR) is 130 cm³/mol. The lowest BCUT2D eigenvalue weighted by molar-refractivity contribution is 0.0708. The minimum atomic E-state index is -0.0556. The lowest BCUT2D eigenvalue weighted by atomic mass is 10.1. The van der Waals surface area contributed by atoms with Gasteiger partial charge in [0, 0.05) is 69.6 Å². The maximum Gasteiger partial charge on any atom is 0.272 e. The first-order chi connectivity index (χ1) is 16.0. The highest BCUT2D eigenvalue weighted by molar-refractivity contribution is 6.30. The summed E-state index contributed by atoms with van der Waals surface area (Å²) in [6, 6.07) is 7.57. The van der Waals surface area contributed by atoms with Gasteiger partial charge in [0.25, 0.3) is 5.91 Å². The highest BCUT2D eigenvalue weighted by atomic mass is 35.5. The van der Waals surface area contributed by atoms with E-state index in [4.69, 9.17) is 22.1 Å². The first kappa shape index (κ1) is 23.5. The molecule has 4 rings (SSSR count). The van der Waals surface area contributed by atoms with Gasteiger partial charge in [0.15, 0.2) is 0 Å². The molecule has 1 aromatic carbocycles. The molecular weight excluding hydrogens is 442 g/mol. The fourth-order valence-electron chi connectivity index (χ4n) is 4.28. The van der Waals surface area contributed by atoms with E-state index in [0.29, 0.717) is 36.3 Å². The van der Waals surface area contributed by atoms with E-state index in [1.165, 1.54) is 0 Å². The summed E-state index contributed by atoms with van der Waals surface area (Å²) >= 11 is 6.19. The Labute approximate surface area is 199 Å². The van der Waals surface area contributed by atoms with Crippen LogP contribution in [0.25, 0.3) is 0 Å². The van der Waals surface area contributed by atoms with Crippen LogP contribution >= 0.6 is 11.6 Å². The first-order valence-electron chi connectivity index (χ1n) is 11.5. The molecule has 2 aliphatic heterocycles. The van der Waals surface area contributed by atoms with Crippen molar-refractivity contribution >= 4 is 29.1 Å². The lowest BCUT2D eigenvalue weighted by Crippen LogP contribution is -2.47. The molecule has 0 bridgehead atoms. The molecule has 0 radical (unpaired) electrons. The van der Waals surface area contributed by atoms with Crippen molar-refractivity contribution in [1.29, 1.82) is 0 Å². The Morgan fingerprint density at radius 1 is 1.18 bits per heavy atom. The van der Waals surface area contributed by atoms with Gasteiger partial charge in [0.1, 0.15) is 11.4 Å². The number of hydrogen-bond donors (Lipinski definition) is 2. The number of likely N-dealkylation sites (tertiary alicyclic amines) is 1. The van der Waals surface area contributed by atoms with Crippen molar-refractivity contribution in [2.24, 2.45) is 5.73 Å². The van der Waals surface area contributed by atoms with Crippen LogP contribution in [0.15, 0.2) is 30.5 Å². The zero-order chi connectivity index (χ0) is 23.2. The van der Waals surface area contributed by atoms with Crippen LogP contribution in [0.3, 0.4) is 0 Å². The number of nitrogens with zero attached hydrogens (tertiary/aromatic N) is 5. The van der Waals surface area contributed by atoms with Gasteiger partial charge in [-0.05, 0) is 37.1 Å². The highest BCUT2D eigenvalue weighted by Crippen LogP contribution is 2.31. The average molecular weight is 474 g/mol. The number of aromatic nitrogens is 2. The number of carbonyl (C=O) groups excluding carboxylic acids is 1. The fraction of sp³-hybridized carbons (Fsp3) is 0.522. The average Bonchev–Trinajstić information content (AvgIpc) is 2.85. The number of benzene rings is 1. The van der Waals surface area contributed by atoms with Gasteiger partial charge in [-0.2, -0.15) is 0 Å². The zero-order valence-corrected chi connectivity index (χ0v) is 19.8. The van der Waals surface area contributed by atoms with Crippen molar-refractivity contribution < 1.29 is 9.53 Å². The number of methoxy groups -OCH3 is 1. The van der Waals surface area contributed by atoms with Crippen LogP contribution in [0, 0.1) is 0 Å². The second kappa shape index (κ2) is 11.0. The van der Waals surface area contributed by atoms with Crippen LogP contribution < -0.4 is 20.7 Å². The summed E-state index contributed by atoms with van der Waals surface area (Å²) in [5.41, 5.74) is 7.40. The van der Waals surface area contributed by atoms with Gasteiger partial charge < -0.3 is 25.6 Å². The number of amides is 1. The number of anilines is 2. The Morgan fingerprint density at radius 3 is 2.67 bits per heavy atom. The molecule has 0 spiro atoms. The molecule has 2 saturated heterocycles. The van der Waals surface area contributed by atoms with Gasteiger partial charge in [-0.15, -0.1) is 0 Å². The number of rotatable bonds is 7. The second-order valence-electron chi connectivity index (χ2n) is 8.47. The maximum absolute atomic E-state index is 12.7. The molecular formula is C23H32ClN7O2. The van der Waals surface area contributed by atoms with E-state index >= 15 is 0 Å². The van der Waals surface area contributed by atoms with Crippen molar-refractivity contribution in [3.05, 3.63) is 41.2 Å². The van der Waals surface area contributed by atoms with Gasteiger partial charge in [-0.3, -0.25) is 9.69 Å². The lowest BCUT2D eigenvalue weighted by Gasteiger charge is -2.36. The Morgan fingerprint density at radius 2 is 1.94 bits per heavy atom. The Balaban J connectivity index is 1.24. The Bertz CT molecular complexity index is 944. The van der Waals surface area contributed by atoms with Crippen LogP contribution in [0.4, 0.5) is 11.6 Å². The molecule has 3 N–H and O–H groups in total. The summed E-state index contributed by atoms with van der Waals surface area (Å²) in [4.78, 5) is 28.0. The maximum atomic E-state index is 12.7. The summed E-state index contributed by atoms with van der Waals surface area (Å²) in [6.07, 6.45) is 3.30. The van der Waals surface area contributed by atoms with E-state index in [2.05, 4.69) is 25.1 Å². The number of piperazine rings is 1. The SMILES string of the molecule is COc1ccc(Cl)cc1N1CCN(CCNc2nccc(C(=O)N3CCC(N)CC3)n2)CC1. The van der Waals surface area contributed by atoms with Crippen molar-refractivity contribution in [2.75, 3.05) is 69.7 Å². The monoisotopic (exact) mass is 473 g/mol. The first-order valence-corrected chi connectivity index (χ1v) is 11.8. The molecule has 1 aromatic heterocycles. The van der Waals surface area contributed by atoms with E-state index in [1.807, 2.05) is 23.1 Å². The number of halogens is 1. The predicted octanol–water partition coefficient (Wildman–Crippen LogP) is 1.94. The molecule has 2 aromatic rings. The molecule has 2 aliphatic rings. The minimum Gasteiger partial charge on any atom is -0.495 e. The minimum absolute atomic E-state index is 0.0556. The molecule has 0 unspecified atom stereocenters. The summed E-state index contributed by atoms with van der Waals surface area (Å²) in [7, 11) is 1.68. The number of carbonyl (C=O) groups is 1. The quantitative estimate of drug-likeness (QED) is 0.629. The van der Waals surface area contributed by atoms with Crippen LogP contribution in [-0.2, 0) is 0 Å². The number of piperidine rings is 1. The van der Waals surface area contributed by atoms with Crippen LogP contribution in [-0.4, -0.2) is 91.2 Å². The number of ether oxygens (including phenoxy) is 1. The summed E-state index contributed by atoms with van der Waals surface area (Å²) in [5, 5.41) is 3.97. The van der Waals surface area contributed by atoms with E-state index in [9.17, 15) is 4.79 Å². The number of nitrogens with two attached hydrogens (primary N) is 1. The normalized spacial score (nSPS) is 17.8. The molecule has 10 heteroatoms. The summed E-state index contributed by atoms with van der Waals surface area (Å²) in [6.45, 7) is 6.61. The molecule has 3 heterocycles. The van der Waals surface area contributed by atoms with Gasteiger partial charge in [-0.1, -0.05) is 11.6 Å². The van der Waals surface area contributed by atoms with Gasteiger partial charge in [-0.25, -0.2) is 9.97 Å². The molecule has 1 amide bonds. The van der Waals surface area contributed by atoms with Crippen molar-refractivity contribution in [3.63, 3.8) is 0 Å². The van der Waals surface area contributed by atoms with E-state index in [0.717, 1.165) is 57.0 Å². The third kappa shape index (κ3) is 6.04. The summed E-state index contributed by atoms with van der Waals surface area (Å²) < 4.78 is 5.49. The number of nitrogens with one attached hydrogen (secondary N) is 1. The van der Waals surface area contributed by atoms with Gasteiger partial charge in [0.2, 0.25) is 5.95 Å². The highest BCUT2D eigenvalue weighted by Gasteiger charge is 2.23.